The van der Waals surface area contributed by atoms with Gasteiger partial charge in [0.2, 0.25) is 0 Å². The lowest BCUT2D eigenvalue weighted by Gasteiger charge is -2.33. The highest BCUT2D eigenvalue weighted by atomic mass is 16.3. The van der Waals surface area contributed by atoms with E-state index in [4.69, 9.17) is 0 Å². The van der Waals surface area contributed by atoms with Crippen molar-refractivity contribution in [3.63, 3.8) is 0 Å². The van der Waals surface area contributed by atoms with Crippen molar-refractivity contribution >= 4 is 0 Å². The van der Waals surface area contributed by atoms with Crippen LogP contribution in [0.25, 0.3) is 0 Å². The third kappa shape index (κ3) is 4.24. The molecule has 2 saturated carbocycles. The molecule has 0 saturated heterocycles. The minimum Gasteiger partial charge on any atom is -0.393 e. The molecule has 18 heavy (non-hydrogen) atoms. The third-order valence-electron chi connectivity index (χ3n) is 5.08. The second-order valence-electron chi connectivity index (χ2n) is 6.53. The summed E-state index contributed by atoms with van der Waals surface area (Å²) in [6, 6.07) is 0.729. The summed E-state index contributed by atoms with van der Waals surface area (Å²) in [5.74, 6) is 1.51. The van der Waals surface area contributed by atoms with E-state index in [1.807, 2.05) is 0 Å². The number of aliphatic hydroxyl groups excluding tert-OH is 1. The fourth-order valence-electron chi connectivity index (χ4n) is 3.81. The Bertz CT molecular complexity index is 223. The second-order valence-corrected chi connectivity index (χ2v) is 6.53. The summed E-state index contributed by atoms with van der Waals surface area (Å²) in [7, 11) is 0. The Labute approximate surface area is 113 Å². The molecule has 0 bridgehead atoms. The summed E-state index contributed by atoms with van der Waals surface area (Å²) < 4.78 is 0. The van der Waals surface area contributed by atoms with E-state index in [-0.39, 0.29) is 6.10 Å². The minimum absolute atomic E-state index is 0.0392. The highest BCUT2D eigenvalue weighted by molar-refractivity contribution is 4.81. The molecule has 0 heterocycles. The Kier molecular flexibility index (Phi) is 5.97. The fourth-order valence-corrected chi connectivity index (χ4v) is 3.81. The molecule has 2 aliphatic carbocycles. The molecule has 0 amide bonds. The molecule has 2 unspecified atom stereocenters. The maximum Gasteiger partial charge on any atom is 0.0580 e. The largest absolute Gasteiger partial charge is 0.393 e. The lowest BCUT2D eigenvalue weighted by molar-refractivity contribution is 0.0667. The van der Waals surface area contributed by atoms with Crippen molar-refractivity contribution in [2.45, 2.75) is 83.3 Å². The van der Waals surface area contributed by atoms with Gasteiger partial charge < -0.3 is 10.4 Å². The summed E-state index contributed by atoms with van der Waals surface area (Å²) in [6.45, 7) is 3.35. The van der Waals surface area contributed by atoms with Crippen molar-refractivity contribution in [2.24, 2.45) is 11.8 Å². The molecule has 0 radical (unpaired) electrons. The van der Waals surface area contributed by atoms with Crippen LogP contribution in [0.5, 0.6) is 0 Å². The predicted octanol–water partition coefficient (Wildman–Crippen LogP) is 3.49. The van der Waals surface area contributed by atoms with Gasteiger partial charge in [0.25, 0.3) is 0 Å². The SMILES string of the molecule is CCCC1CCC(NCC2CCCCC2O)CC1. The van der Waals surface area contributed by atoms with Crippen LogP contribution in [0.1, 0.15) is 71.1 Å². The molecule has 2 N–H and O–H groups in total. The fraction of sp³-hybridized carbons (Fsp3) is 1.00. The number of aliphatic hydroxyl groups is 1. The molecular formula is C16H31NO. The van der Waals surface area contributed by atoms with E-state index in [0.717, 1.165) is 24.9 Å². The van der Waals surface area contributed by atoms with E-state index in [9.17, 15) is 5.11 Å². The van der Waals surface area contributed by atoms with Crippen molar-refractivity contribution in [1.29, 1.82) is 0 Å². The molecule has 2 aliphatic rings. The number of nitrogens with one attached hydrogen (secondary N) is 1. The summed E-state index contributed by atoms with van der Waals surface area (Å²) in [5, 5.41) is 13.7. The van der Waals surface area contributed by atoms with Gasteiger partial charge in [-0.1, -0.05) is 32.6 Å². The Morgan fingerprint density at radius 3 is 2.39 bits per heavy atom. The summed E-state index contributed by atoms with van der Waals surface area (Å²) in [6.07, 6.45) is 13.0. The molecule has 0 aliphatic heterocycles. The van der Waals surface area contributed by atoms with E-state index in [1.54, 1.807) is 0 Å². The zero-order valence-electron chi connectivity index (χ0n) is 12.0. The van der Waals surface area contributed by atoms with Crippen LogP contribution in [0.4, 0.5) is 0 Å². The van der Waals surface area contributed by atoms with Gasteiger partial charge in [-0.3, -0.25) is 0 Å². The zero-order valence-corrected chi connectivity index (χ0v) is 12.0. The van der Waals surface area contributed by atoms with Crippen LogP contribution in [-0.2, 0) is 0 Å². The van der Waals surface area contributed by atoms with Crippen molar-refractivity contribution in [3.05, 3.63) is 0 Å². The molecule has 0 aromatic heterocycles. The first-order valence-electron chi connectivity index (χ1n) is 8.21. The van der Waals surface area contributed by atoms with Crippen LogP contribution < -0.4 is 5.32 Å². The molecular weight excluding hydrogens is 222 g/mol. The van der Waals surface area contributed by atoms with Crippen LogP contribution in [-0.4, -0.2) is 23.8 Å². The van der Waals surface area contributed by atoms with Gasteiger partial charge in [0.05, 0.1) is 6.10 Å². The molecule has 2 atom stereocenters. The predicted molar refractivity (Wildman–Crippen MR) is 76.6 cm³/mol. The molecule has 0 aromatic carbocycles. The monoisotopic (exact) mass is 253 g/mol. The maximum absolute atomic E-state index is 9.97. The molecule has 2 rings (SSSR count). The third-order valence-corrected chi connectivity index (χ3v) is 5.08. The van der Waals surface area contributed by atoms with Gasteiger partial charge in [0, 0.05) is 12.6 Å². The van der Waals surface area contributed by atoms with Gasteiger partial charge in [-0.05, 0) is 50.4 Å². The van der Waals surface area contributed by atoms with Gasteiger partial charge in [0.1, 0.15) is 0 Å². The van der Waals surface area contributed by atoms with Crippen LogP contribution in [0, 0.1) is 11.8 Å². The minimum atomic E-state index is -0.0392. The van der Waals surface area contributed by atoms with Gasteiger partial charge >= 0.3 is 0 Å². The van der Waals surface area contributed by atoms with Crippen LogP contribution >= 0.6 is 0 Å². The van der Waals surface area contributed by atoms with Crippen LogP contribution in [0.3, 0.4) is 0 Å². The zero-order chi connectivity index (χ0) is 12.8. The second kappa shape index (κ2) is 7.49. The smallest absolute Gasteiger partial charge is 0.0580 e. The van der Waals surface area contributed by atoms with E-state index in [1.165, 1.54) is 57.8 Å². The first-order valence-corrected chi connectivity index (χ1v) is 8.21. The van der Waals surface area contributed by atoms with E-state index in [2.05, 4.69) is 12.2 Å². The average molecular weight is 253 g/mol. The standard InChI is InChI=1S/C16H31NO/c1-2-5-13-8-10-15(11-9-13)17-12-14-6-3-4-7-16(14)18/h13-18H,2-12H2,1H3. The summed E-state index contributed by atoms with van der Waals surface area (Å²) in [5.41, 5.74) is 0. The van der Waals surface area contributed by atoms with E-state index < -0.39 is 0 Å². The number of hydrogen-bond donors (Lipinski definition) is 2. The van der Waals surface area contributed by atoms with Gasteiger partial charge in [-0.15, -0.1) is 0 Å². The topological polar surface area (TPSA) is 32.3 Å². The maximum atomic E-state index is 9.97. The van der Waals surface area contributed by atoms with Crippen molar-refractivity contribution in [2.75, 3.05) is 6.54 Å². The van der Waals surface area contributed by atoms with Crippen molar-refractivity contribution in [3.8, 4) is 0 Å². The Morgan fingerprint density at radius 2 is 1.72 bits per heavy atom. The Morgan fingerprint density at radius 1 is 1.00 bits per heavy atom. The number of rotatable bonds is 5. The molecule has 0 aromatic rings. The van der Waals surface area contributed by atoms with Gasteiger partial charge in [-0.2, -0.15) is 0 Å². The van der Waals surface area contributed by atoms with Gasteiger partial charge in [0.15, 0.2) is 0 Å². The molecule has 0 spiro atoms. The average Bonchev–Trinajstić information content (AvgIpc) is 2.40. The molecule has 106 valence electrons. The quantitative estimate of drug-likeness (QED) is 0.786. The summed E-state index contributed by atoms with van der Waals surface area (Å²) in [4.78, 5) is 0. The van der Waals surface area contributed by atoms with Crippen molar-refractivity contribution < 1.29 is 5.11 Å². The molecule has 2 fully saturated rings. The number of hydrogen-bond acceptors (Lipinski definition) is 2. The van der Waals surface area contributed by atoms with Crippen LogP contribution in [0.2, 0.25) is 0 Å². The molecule has 2 nitrogen and oxygen atoms in total. The van der Waals surface area contributed by atoms with Crippen LogP contribution in [0.15, 0.2) is 0 Å². The van der Waals surface area contributed by atoms with E-state index in [0.29, 0.717) is 5.92 Å². The normalized spacial score (nSPS) is 37.7. The first-order chi connectivity index (χ1) is 8.79. The lowest BCUT2D eigenvalue weighted by atomic mass is 9.82. The first kappa shape index (κ1) is 14.3. The Hall–Kier alpha value is -0.0800. The van der Waals surface area contributed by atoms with Crippen molar-refractivity contribution in [1.82, 2.24) is 5.32 Å². The Balaban J connectivity index is 1.62. The molecule has 2 heteroatoms. The van der Waals surface area contributed by atoms with Gasteiger partial charge in [-0.25, -0.2) is 0 Å². The van der Waals surface area contributed by atoms with E-state index >= 15 is 0 Å². The lowest BCUT2D eigenvalue weighted by Crippen LogP contribution is -2.40. The highest BCUT2D eigenvalue weighted by Crippen LogP contribution is 2.28. The highest BCUT2D eigenvalue weighted by Gasteiger charge is 2.25. The summed E-state index contributed by atoms with van der Waals surface area (Å²) >= 11 is 0.